The quantitative estimate of drug-likeness (QED) is 0.663. The van der Waals surface area contributed by atoms with Gasteiger partial charge >= 0.3 is 0 Å². The van der Waals surface area contributed by atoms with E-state index in [-0.39, 0.29) is 23.4 Å². The number of rotatable bonds is 9. The van der Waals surface area contributed by atoms with Crippen molar-refractivity contribution >= 4 is 10.0 Å². The van der Waals surface area contributed by atoms with Crippen molar-refractivity contribution in [2.75, 3.05) is 26.9 Å². The minimum Gasteiger partial charge on any atom is -0.491 e. The summed E-state index contributed by atoms with van der Waals surface area (Å²) in [6.07, 6.45) is 0. The predicted molar refractivity (Wildman–Crippen MR) is 81.8 cm³/mol. The molecule has 0 aliphatic rings. The largest absolute Gasteiger partial charge is 0.491 e. The van der Waals surface area contributed by atoms with E-state index in [4.69, 9.17) is 15.2 Å². The minimum absolute atomic E-state index is 0.126. The predicted octanol–water partition coefficient (Wildman–Crippen LogP) is 0.973. The van der Waals surface area contributed by atoms with Gasteiger partial charge in [-0.05, 0) is 30.2 Å². The number of sulfonamides is 1. The van der Waals surface area contributed by atoms with E-state index in [1.807, 2.05) is 13.8 Å². The number of methoxy groups -OCH3 is 1. The van der Waals surface area contributed by atoms with Gasteiger partial charge in [0.25, 0.3) is 0 Å². The Hall–Kier alpha value is -1.15. The summed E-state index contributed by atoms with van der Waals surface area (Å²) in [5.41, 5.74) is 5.59. The smallest absolute Gasteiger partial charge is 0.240 e. The number of hydrogen-bond acceptors (Lipinski definition) is 5. The van der Waals surface area contributed by atoms with Crippen LogP contribution in [0.1, 0.15) is 13.8 Å². The average molecular weight is 316 g/mol. The maximum absolute atomic E-state index is 12.3. The van der Waals surface area contributed by atoms with Gasteiger partial charge in [-0.15, -0.1) is 0 Å². The second-order valence-electron chi connectivity index (χ2n) is 5.02. The molecule has 1 unspecified atom stereocenters. The number of nitrogens with two attached hydrogens (primary N) is 1. The van der Waals surface area contributed by atoms with E-state index in [0.717, 1.165) is 0 Å². The van der Waals surface area contributed by atoms with E-state index in [1.165, 1.54) is 12.1 Å². The Morgan fingerprint density at radius 2 is 1.81 bits per heavy atom. The highest BCUT2D eigenvalue weighted by molar-refractivity contribution is 7.89. The summed E-state index contributed by atoms with van der Waals surface area (Å²) < 4.78 is 37.4. The molecule has 21 heavy (non-hydrogen) atoms. The molecule has 120 valence electrons. The molecule has 0 aliphatic heterocycles. The van der Waals surface area contributed by atoms with Crippen molar-refractivity contribution < 1.29 is 17.9 Å². The van der Waals surface area contributed by atoms with Gasteiger partial charge in [0.1, 0.15) is 12.4 Å². The number of ether oxygens (including phenoxy) is 2. The number of hydrogen-bond donors (Lipinski definition) is 2. The fourth-order valence-electron chi connectivity index (χ4n) is 1.68. The highest BCUT2D eigenvalue weighted by Gasteiger charge is 2.21. The zero-order valence-corrected chi connectivity index (χ0v) is 13.5. The molecule has 0 aliphatic carbocycles. The molecule has 0 amide bonds. The van der Waals surface area contributed by atoms with Gasteiger partial charge in [0.15, 0.2) is 0 Å². The fraction of sp³-hybridized carbons (Fsp3) is 0.571. The molecule has 7 heteroatoms. The molecule has 0 saturated heterocycles. The Morgan fingerprint density at radius 3 is 2.29 bits per heavy atom. The molecule has 0 aromatic heterocycles. The monoisotopic (exact) mass is 316 g/mol. The van der Waals surface area contributed by atoms with E-state index < -0.39 is 10.0 Å². The summed E-state index contributed by atoms with van der Waals surface area (Å²) in [7, 11) is -1.98. The van der Waals surface area contributed by atoms with E-state index in [0.29, 0.717) is 19.0 Å². The average Bonchev–Trinajstić information content (AvgIpc) is 2.45. The van der Waals surface area contributed by atoms with Crippen molar-refractivity contribution in [3.05, 3.63) is 24.3 Å². The van der Waals surface area contributed by atoms with Crippen molar-refractivity contribution in [2.24, 2.45) is 11.7 Å². The van der Waals surface area contributed by atoms with Crippen LogP contribution in [0.25, 0.3) is 0 Å². The van der Waals surface area contributed by atoms with Crippen LogP contribution < -0.4 is 15.2 Å². The van der Waals surface area contributed by atoms with Gasteiger partial charge in [-0.2, -0.15) is 0 Å². The molecule has 6 nitrogen and oxygen atoms in total. The Bertz CT molecular complexity index is 514. The van der Waals surface area contributed by atoms with Crippen LogP contribution in [0, 0.1) is 5.92 Å². The lowest BCUT2D eigenvalue weighted by atomic mass is 10.1. The van der Waals surface area contributed by atoms with E-state index >= 15 is 0 Å². The number of benzene rings is 1. The molecule has 1 aromatic rings. The van der Waals surface area contributed by atoms with Crippen LogP contribution in [0.4, 0.5) is 0 Å². The van der Waals surface area contributed by atoms with Crippen molar-refractivity contribution in [3.8, 4) is 5.75 Å². The topological polar surface area (TPSA) is 90.6 Å². The van der Waals surface area contributed by atoms with E-state index in [9.17, 15) is 8.42 Å². The maximum Gasteiger partial charge on any atom is 0.240 e. The third-order valence-corrected chi connectivity index (χ3v) is 4.56. The minimum atomic E-state index is -3.57. The third-order valence-electron chi connectivity index (χ3n) is 3.06. The summed E-state index contributed by atoms with van der Waals surface area (Å²) in [6.45, 7) is 5.01. The van der Waals surface area contributed by atoms with Gasteiger partial charge < -0.3 is 15.2 Å². The van der Waals surface area contributed by atoms with Crippen LogP contribution >= 0.6 is 0 Å². The molecule has 0 bridgehead atoms. The van der Waals surface area contributed by atoms with Crippen molar-refractivity contribution in [1.29, 1.82) is 0 Å². The highest BCUT2D eigenvalue weighted by atomic mass is 32.2. The first-order valence-corrected chi connectivity index (χ1v) is 8.33. The summed E-state index contributed by atoms with van der Waals surface area (Å²) in [5.74, 6) is 0.728. The molecule has 0 fully saturated rings. The zero-order chi connectivity index (χ0) is 15.9. The number of nitrogens with one attached hydrogen (secondary N) is 1. The lowest BCUT2D eigenvalue weighted by molar-refractivity contribution is 0.146. The van der Waals surface area contributed by atoms with Crippen LogP contribution in [0.3, 0.4) is 0 Å². The first kappa shape index (κ1) is 17.9. The molecular weight excluding hydrogens is 292 g/mol. The molecule has 0 saturated carbocycles. The van der Waals surface area contributed by atoms with E-state index in [2.05, 4.69) is 4.72 Å². The van der Waals surface area contributed by atoms with Crippen molar-refractivity contribution in [2.45, 2.75) is 24.8 Å². The van der Waals surface area contributed by atoms with Gasteiger partial charge in [-0.25, -0.2) is 13.1 Å². The Labute approximate surface area is 126 Å². The highest BCUT2D eigenvalue weighted by Crippen LogP contribution is 2.17. The summed E-state index contributed by atoms with van der Waals surface area (Å²) in [6, 6.07) is 5.98. The van der Waals surface area contributed by atoms with Gasteiger partial charge in [0.2, 0.25) is 10.0 Å². The molecule has 0 spiro atoms. The normalized spacial score (nSPS) is 13.4. The molecule has 1 rings (SSSR count). The second-order valence-corrected chi connectivity index (χ2v) is 6.73. The third kappa shape index (κ3) is 5.62. The van der Waals surface area contributed by atoms with Crippen LogP contribution in [-0.2, 0) is 14.8 Å². The van der Waals surface area contributed by atoms with Gasteiger partial charge in [0.05, 0.1) is 11.5 Å². The lowest BCUT2D eigenvalue weighted by Gasteiger charge is -2.20. The van der Waals surface area contributed by atoms with Gasteiger partial charge in [-0.3, -0.25) is 0 Å². The molecule has 1 aromatic carbocycles. The Kier molecular flexibility index (Phi) is 7.10. The SMILES string of the molecule is COCCOc1ccc(S(=O)(=O)NC(CN)C(C)C)cc1. The first-order valence-electron chi connectivity index (χ1n) is 6.85. The molecule has 3 N–H and O–H groups in total. The van der Waals surface area contributed by atoms with Gasteiger partial charge in [-0.1, -0.05) is 13.8 Å². The van der Waals surface area contributed by atoms with Crippen molar-refractivity contribution in [3.63, 3.8) is 0 Å². The molecule has 0 heterocycles. The fourth-order valence-corrected chi connectivity index (χ4v) is 3.08. The van der Waals surface area contributed by atoms with Gasteiger partial charge in [0, 0.05) is 19.7 Å². The molecular formula is C14H24N2O4S. The zero-order valence-electron chi connectivity index (χ0n) is 12.7. The Balaban J connectivity index is 2.75. The van der Waals surface area contributed by atoms with Crippen LogP contribution in [0.5, 0.6) is 5.75 Å². The van der Waals surface area contributed by atoms with Crippen LogP contribution in [0.15, 0.2) is 29.2 Å². The Morgan fingerprint density at radius 1 is 1.19 bits per heavy atom. The molecule has 0 radical (unpaired) electrons. The molecule has 1 atom stereocenters. The summed E-state index contributed by atoms with van der Waals surface area (Å²) in [4.78, 5) is 0.195. The van der Waals surface area contributed by atoms with Crippen LogP contribution in [-0.4, -0.2) is 41.3 Å². The second kappa shape index (κ2) is 8.33. The first-order chi connectivity index (χ1) is 9.90. The standard InChI is InChI=1S/C14H24N2O4S/c1-11(2)14(10-15)16-21(17,18)13-6-4-12(5-7-13)20-9-8-19-3/h4-7,11,14,16H,8-10,15H2,1-3H3. The van der Waals surface area contributed by atoms with E-state index in [1.54, 1.807) is 19.2 Å². The lowest BCUT2D eigenvalue weighted by Crippen LogP contribution is -2.43. The summed E-state index contributed by atoms with van der Waals surface area (Å²) >= 11 is 0. The summed E-state index contributed by atoms with van der Waals surface area (Å²) in [5, 5.41) is 0. The maximum atomic E-state index is 12.3. The van der Waals surface area contributed by atoms with Crippen LogP contribution in [0.2, 0.25) is 0 Å². The van der Waals surface area contributed by atoms with Crippen molar-refractivity contribution in [1.82, 2.24) is 4.72 Å².